The van der Waals surface area contributed by atoms with Gasteiger partial charge >= 0.3 is 0 Å². The van der Waals surface area contributed by atoms with Crippen molar-refractivity contribution in [2.45, 2.75) is 13.3 Å². The molecule has 0 atom stereocenters. The SMILES string of the molecule is CCCN(C(=O)c1ccc2cccnc2c1O)c1ccccc1. The Balaban J connectivity index is 2.05. The second-order valence-electron chi connectivity index (χ2n) is 5.33. The van der Waals surface area contributed by atoms with Gasteiger partial charge in [0, 0.05) is 23.8 Å². The van der Waals surface area contributed by atoms with Gasteiger partial charge in [0.15, 0.2) is 5.75 Å². The van der Waals surface area contributed by atoms with Crippen molar-refractivity contribution < 1.29 is 9.90 Å². The van der Waals surface area contributed by atoms with Crippen molar-refractivity contribution in [3.8, 4) is 5.75 Å². The van der Waals surface area contributed by atoms with Crippen molar-refractivity contribution in [3.63, 3.8) is 0 Å². The lowest BCUT2D eigenvalue weighted by Gasteiger charge is -2.23. The van der Waals surface area contributed by atoms with Crippen LogP contribution < -0.4 is 4.90 Å². The van der Waals surface area contributed by atoms with Gasteiger partial charge in [-0.05, 0) is 30.7 Å². The molecule has 4 heteroatoms. The standard InChI is InChI=1S/C19H18N2O2/c1-2-13-21(15-8-4-3-5-9-15)19(23)16-11-10-14-7-6-12-20-17(14)18(16)22/h3-12,22H,2,13H2,1H3. The molecule has 0 aliphatic heterocycles. The fourth-order valence-corrected chi connectivity index (χ4v) is 2.63. The molecule has 2 aromatic carbocycles. The number of amides is 1. The minimum atomic E-state index is -0.219. The number of fused-ring (bicyclic) bond motifs is 1. The summed E-state index contributed by atoms with van der Waals surface area (Å²) >= 11 is 0. The van der Waals surface area contributed by atoms with Crippen molar-refractivity contribution in [2.24, 2.45) is 0 Å². The van der Waals surface area contributed by atoms with Gasteiger partial charge in [0.25, 0.3) is 5.91 Å². The Labute approximate surface area is 135 Å². The van der Waals surface area contributed by atoms with E-state index < -0.39 is 0 Å². The largest absolute Gasteiger partial charge is 0.505 e. The van der Waals surface area contributed by atoms with Crippen LogP contribution in [0.5, 0.6) is 5.75 Å². The quantitative estimate of drug-likeness (QED) is 0.792. The molecule has 3 rings (SSSR count). The van der Waals surface area contributed by atoms with Crippen LogP contribution in [-0.4, -0.2) is 22.5 Å². The van der Waals surface area contributed by atoms with Crippen LogP contribution >= 0.6 is 0 Å². The van der Waals surface area contributed by atoms with E-state index in [9.17, 15) is 9.90 Å². The summed E-state index contributed by atoms with van der Waals surface area (Å²) < 4.78 is 0. The number of nitrogens with zero attached hydrogens (tertiary/aromatic N) is 2. The van der Waals surface area contributed by atoms with Crippen molar-refractivity contribution >= 4 is 22.5 Å². The maximum atomic E-state index is 12.9. The van der Waals surface area contributed by atoms with Crippen LogP contribution in [0.3, 0.4) is 0 Å². The number of rotatable bonds is 4. The molecule has 0 radical (unpaired) electrons. The minimum Gasteiger partial charge on any atom is -0.505 e. The minimum absolute atomic E-state index is 0.0647. The number of benzene rings is 2. The summed E-state index contributed by atoms with van der Waals surface area (Å²) in [6.45, 7) is 2.60. The van der Waals surface area contributed by atoms with Gasteiger partial charge in [-0.2, -0.15) is 0 Å². The summed E-state index contributed by atoms with van der Waals surface area (Å²) in [6.07, 6.45) is 2.44. The molecule has 0 aliphatic rings. The van der Waals surface area contributed by atoms with E-state index in [4.69, 9.17) is 0 Å². The number of carbonyl (C=O) groups excluding carboxylic acids is 1. The van der Waals surface area contributed by atoms with E-state index in [1.54, 1.807) is 23.2 Å². The fourth-order valence-electron chi connectivity index (χ4n) is 2.63. The van der Waals surface area contributed by atoms with E-state index in [2.05, 4.69) is 4.98 Å². The zero-order valence-electron chi connectivity index (χ0n) is 12.9. The smallest absolute Gasteiger partial charge is 0.262 e. The first kappa shape index (κ1) is 15.0. The van der Waals surface area contributed by atoms with Crippen molar-refractivity contribution in [2.75, 3.05) is 11.4 Å². The van der Waals surface area contributed by atoms with Gasteiger partial charge in [0.2, 0.25) is 0 Å². The molecule has 0 spiro atoms. The number of anilines is 1. The molecular weight excluding hydrogens is 288 g/mol. The third-order valence-electron chi connectivity index (χ3n) is 3.74. The van der Waals surface area contributed by atoms with Crippen LogP contribution in [0.2, 0.25) is 0 Å². The lowest BCUT2D eigenvalue weighted by Crippen LogP contribution is -2.31. The molecule has 116 valence electrons. The van der Waals surface area contributed by atoms with E-state index in [-0.39, 0.29) is 17.2 Å². The highest BCUT2D eigenvalue weighted by Crippen LogP contribution is 2.29. The summed E-state index contributed by atoms with van der Waals surface area (Å²) in [7, 11) is 0. The average molecular weight is 306 g/mol. The van der Waals surface area contributed by atoms with Crippen molar-refractivity contribution in [3.05, 3.63) is 66.4 Å². The Kier molecular flexibility index (Phi) is 4.24. The highest BCUT2D eigenvalue weighted by Gasteiger charge is 2.21. The van der Waals surface area contributed by atoms with E-state index >= 15 is 0 Å². The predicted octanol–water partition coefficient (Wildman–Crippen LogP) is 4.00. The van der Waals surface area contributed by atoms with E-state index in [0.717, 1.165) is 17.5 Å². The van der Waals surface area contributed by atoms with E-state index in [0.29, 0.717) is 12.1 Å². The molecule has 1 heterocycles. The highest BCUT2D eigenvalue weighted by molar-refractivity contribution is 6.10. The third-order valence-corrected chi connectivity index (χ3v) is 3.74. The van der Waals surface area contributed by atoms with Gasteiger partial charge in [-0.3, -0.25) is 9.78 Å². The second-order valence-corrected chi connectivity index (χ2v) is 5.33. The third kappa shape index (κ3) is 2.88. The molecule has 0 bridgehead atoms. The number of hydrogen-bond donors (Lipinski definition) is 1. The number of aromatic hydroxyl groups is 1. The van der Waals surface area contributed by atoms with Crippen molar-refractivity contribution in [1.82, 2.24) is 4.98 Å². The monoisotopic (exact) mass is 306 g/mol. The molecule has 1 N–H and O–H groups in total. The van der Waals surface area contributed by atoms with Crippen LogP contribution in [0.4, 0.5) is 5.69 Å². The van der Waals surface area contributed by atoms with Gasteiger partial charge < -0.3 is 10.0 Å². The molecule has 1 amide bonds. The number of phenolic OH excluding ortho intramolecular Hbond substituents is 1. The van der Waals surface area contributed by atoms with Crippen LogP contribution in [0.1, 0.15) is 23.7 Å². The molecule has 0 unspecified atom stereocenters. The Hall–Kier alpha value is -2.88. The Morgan fingerprint density at radius 2 is 1.87 bits per heavy atom. The van der Waals surface area contributed by atoms with Crippen molar-refractivity contribution in [1.29, 1.82) is 0 Å². The number of aromatic nitrogens is 1. The summed E-state index contributed by atoms with van der Waals surface area (Å²) in [5, 5.41) is 11.3. The molecule has 0 aliphatic carbocycles. The molecule has 3 aromatic rings. The van der Waals surface area contributed by atoms with Crippen LogP contribution in [0, 0.1) is 0 Å². The van der Waals surface area contributed by atoms with E-state index in [1.165, 1.54) is 0 Å². The highest BCUT2D eigenvalue weighted by atomic mass is 16.3. The van der Waals surface area contributed by atoms with Crippen LogP contribution in [-0.2, 0) is 0 Å². The first-order chi connectivity index (χ1) is 11.2. The number of para-hydroxylation sites is 1. The summed E-state index contributed by atoms with van der Waals surface area (Å²) in [4.78, 5) is 18.8. The van der Waals surface area contributed by atoms with Crippen LogP contribution in [0.25, 0.3) is 10.9 Å². The Bertz CT molecular complexity index is 831. The zero-order valence-corrected chi connectivity index (χ0v) is 12.9. The van der Waals surface area contributed by atoms with Gasteiger partial charge in [0.1, 0.15) is 5.52 Å². The van der Waals surface area contributed by atoms with Gasteiger partial charge in [-0.15, -0.1) is 0 Å². The average Bonchev–Trinajstić information content (AvgIpc) is 2.60. The summed E-state index contributed by atoms with van der Waals surface area (Å²) in [6, 6.07) is 16.6. The lowest BCUT2D eigenvalue weighted by atomic mass is 10.1. The first-order valence-electron chi connectivity index (χ1n) is 7.66. The molecule has 0 saturated carbocycles. The van der Waals surface area contributed by atoms with Gasteiger partial charge in [-0.25, -0.2) is 0 Å². The Morgan fingerprint density at radius 1 is 1.09 bits per heavy atom. The maximum Gasteiger partial charge on any atom is 0.262 e. The number of phenols is 1. The molecule has 23 heavy (non-hydrogen) atoms. The fraction of sp³-hybridized carbons (Fsp3) is 0.158. The van der Waals surface area contributed by atoms with E-state index in [1.807, 2.05) is 49.4 Å². The van der Waals surface area contributed by atoms with Crippen LogP contribution in [0.15, 0.2) is 60.8 Å². The maximum absolute atomic E-state index is 12.9. The van der Waals surface area contributed by atoms with Gasteiger partial charge in [0.05, 0.1) is 5.56 Å². The molecule has 4 nitrogen and oxygen atoms in total. The molecule has 0 saturated heterocycles. The number of hydrogen-bond acceptors (Lipinski definition) is 3. The predicted molar refractivity (Wildman–Crippen MR) is 91.8 cm³/mol. The van der Waals surface area contributed by atoms with Gasteiger partial charge in [-0.1, -0.05) is 37.3 Å². The second kappa shape index (κ2) is 6.48. The summed E-state index contributed by atoms with van der Waals surface area (Å²) in [5.41, 5.74) is 1.54. The normalized spacial score (nSPS) is 10.7. The molecule has 0 fully saturated rings. The Morgan fingerprint density at radius 3 is 2.61 bits per heavy atom. The molecule has 1 aromatic heterocycles. The summed E-state index contributed by atoms with van der Waals surface area (Å²) in [5.74, 6) is -0.284. The first-order valence-corrected chi connectivity index (χ1v) is 7.66. The number of carbonyl (C=O) groups is 1. The number of pyridine rings is 1. The topological polar surface area (TPSA) is 53.4 Å². The lowest BCUT2D eigenvalue weighted by molar-refractivity contribution is 0.0984. The molecular formula is C19H18N2O2. The zero-order chi connectivity index (χ0) is 16.2.